The molecule has 4 rings (SSSR count). The Hall–Kier alpha value is -2.65. The molecule has 1 atom stereocenters. The van der Waals surface area contributed by atoms with E-state index in [9.17, 15) is 4.79 Å². The summed E-state index contributed by atoms with van der Waals surface area (Å²) < 4.78 is 12.9. The predicted molar refractivity (Wildman–Crippen MR) is 120 cm³/mol. The van der Waals surface area contributed by atoms with Crippen molar-refractivity contribution in [3.8, 4) is 11.4 Å². The largest absolute Gasteiger partial charge is 0.494 e. The Morgan fingerprint density at radius 2 is 2.19 bits per heavy atom. The number of carbonyl (C=O) groups is 1. The van der Waals surface area contributed by atoms with Crippen molar-refractivity contribution in [2.45, 2.75) is 43.7 Å². The van der Waals surface area contributed by atoms with Crippen LogP contribution in [0.15, 0.2) is 35.5 Å². The van der Waals surface area contributed by atoms with E-state index in [-0.39, 0.29) is 23.7 Å². The molecule has 0 bridgehead atoms. The van der Waals surface area contributed by atoms with Crippen LogP contribution in [0, 0.1) is 0 Å². The molecule has 1 aliphatic rings. The van der Waals surface area contributed by atoms with Gasteiger partial charge >= 0.3 is 0 Å². The summed E-state index contributed by atoms with van der Waals surface area (Å²) in [5.41, 5.74) is 2.52. The molecule has 0 spiro atoms. The van der Waals surface area contributed by atoms with E-state index in [1.807, 2.05) is 35.1 Å². The topological polar surface area (TPSA) is 91.2 Å². The smallest absolute Gasteiger partial charge is 0.230 e. The van der Waals surface area contributed by atoms with Gasteiger partial charge in [0.1, 0.15) is 22.0 Å². The Morgan fingerprint density at radius 3 is 2.94 bits per heavy atom. The zero-order chi connectivity index (χ0) is 21.8. The van der Waals surface area contributed by atoms with Crippen molar-refractivity contribution in [2.75, 3.05) is 26.0 Å². The zero-order valence-electron chi connectivity index (χ0n) is 18.0. The van der Waals surface area contributed by atoms with Gasteiger partial charge in [0.25, 0.3) is 0 Å². The molecular formula is C22H27N5O3S. The van der Waals surface area contributed by atoms with E-state index >= 15 is 0 Å². The second-order valence-corrected chi connectivity index (χ2v) is 8.73. The minimum absolute atomic E-state index is 0.0493. The molecule has 3 aromatic rings. The molecule has 9 heteroatoms. The van der Waals surface area contributed by atoms with Gasteiger partial charge in [0, 0.05) is 18.5 Å². The summed E-state index contributed by atoms with van der Waals surface area (Å²) in [4.78, 5) is 12.4. The number of fused-ring (bicyclic) bond motifs is 1. The van der Waals surface area contributed by atoms with E-state index in [1.165, 1.54) is 11.8 Å². The number of hydrogen-bond acceptors (Lipinski definition) is 7. The minimum Gasteiger partial charge on any atom is -0.494 e. The van der Waals surface area contributed by atoms with E-state index in [1.54, 1.807) is 7.11 Å². The third kappa shape index (κ3) is 4.67. The molecule has 2 aromatic heterocycles. The number of aromatic nitrogens is 4. The van der Waals surface area contributed by atoms with E-state index in [4.69, 9.17) is 9.47 Å². The lowest BCUT2D eigenvalue weighted by Crippen LogP contribution is -2.32. The summed E-state index contributed by atoms with van der Waals surface area (Å²) in [5.74, 6) is 1.10. The van der Waals surface area contributed by atoms with Gasteiger partial charge in [-0.1, -0.05) is 37.7 Å². The molecule has 0 aliphatic carbocycles. The molecule has 0 radical (unpaired) electrons. The van der Waals surface area contributed by atoms with E-state index in [0.29, 0.717) is 17.3 Å². The monoisotopic (exact) mass is 441 g/mol. The van der Waals surface area contributed by atoms with Crippen LogP contribution in [0.5, 0.6) is 5.75 Å². The van der Waals surface area contributed by atoms with Crippen LogP contribution in [0.3, 0.4) is 0 Å². The van der Waals surface area contributed by atoms with Crippen molar-refractivity contribution in [1.29, 1.82) is 0 Å². The first-order valence-corrected chi connectivity index (χ1v) is 11.5. The zero-order valence-corrected chi connectivity index (χ0v) is 18.8. The molecule has 1 aliphatic heterocycles. The minimum atomic E-state index is -0.0493. The molecule has 1 fully saturated rings. The summed E-state index contributed by atoms with van der Waals surface area (Å²) >= 11 is 1.36. The number of methoxy groups -OCH3 is 1. The van der Waals surface area contributed by atoms with Crippen molar-refractivity contribution in [2.24, 2.45) is 0 Å². The van der Waals surface area contributed by atoms with Crippen LogP contribution in [0.4, 0.5) is 0 Å². The van der Waals surface area contributed by atoms with Crippen LogP contribution in [0.25, 0.3) is 16.6 Å². The van der Waals surface area contributed by atoms with Crippen LogP contribution in [0.1, 0.15) is 38.3 Å². The van der Waals surface area contributed by atoms with Crippen molar-refractivity contribution >= 4 is 28.6 Å². The number of nitrogens with one attached hydrogen (secondary N) is 1. The SMILES string of the molecule is COc1ccccc1-n1ncc2c(C(C)C)nnc(SCC(=O)NC[C@@H]3CCCO3)c21. The van der Waals surface area contributed by atoms with Gasteiger partial charge in [0.2, 0.25) is 5.91 Å². The van der Waals surface area contributed by atoms with Gasteiger partial charge in [-0.15, -0.1) is 5.10 Å². The Bertz CT molecular complexity index is 1060. The fraction of sp³-hybridized carbons (Fsp3) is 0.455. The number of amides is 1. The van der Waals surface area contributed by atoms with Gasteiger partial charge in [-0.2, -0.15) is 10.2 Å². The summed E-state index contributed by atoms with van der Waals surface area (Å²) in [7, 11) is 1.64. The molecule has 0 saturated carbocycles. The van der Waals surface area contributed by atoms with Crippen LogP contribution < -0.4 is 10.1 Å². The maximum absolute atomic E-state index is 12.4. The summed E-state index contributed by atoms with van der Waals surface area (Å²) in [6.07, 6.45) is 3.98. The predicted octanol–water partition coefficient (Wildman–Crippen LogP) is 3.33. The molecule has 31 heavy (non-hydrogen) atoms. The first-order chi connectivity index (χ1) is 15.1. The van der Waals surface area contributed by atoms with E-state index in [0.717, 1.165) is 41.7 Å². The molecule has 1 saturated heterocycles. The van der Waals surface area contributed by atoms with Gasteiger partial charge in [0.15, 0.2) is 0 Å². The number of benzene rings is 1. The van der Waals surface area contributed by atoms with Crippen LogP contribution in [0.2, 0.25) is 0 Å². The number of hydrogen-bond donors (Lipinski definition) is 1. The van der Waals surface area contributed by atoms with Crippen LogP contribution in [-0.4, -0.2) is 58.0 Å². The molecule has 1 amide bonds. The summed E-state index contributed by atoms with van der Waals surface area (Å²) in [6.45, 7) is 5.48. The Balaban J connectivity index is 1.62. The van der Waals surface area contributed by atoms with Crippen LogP contribution >= 0.6 is 11.8 Å². The molecule has 8 nitrogen and oxygen atoms in total. The van der Waals surface area contributed by atoms with Gasteiger partial charge in [-0.25, -0.2) is 4.68 Å². The normalized spacial score (nSPS) is 16.2. The van der Waals surface area contributed by atoms with Crippen LogP contribution in [-0.2, 0) is 9.53 Å². The van der Waals surface area contributed by atoms with Gasteiger partial charge in [-0.3, -0.25) is 4.79 Å². The highest BCUT2D eigenvalue weighted by atomic mass is 32.2. The number of ether oxygens (including phenoxy) is 2. The highest BCUT2D eigenvalue weighted by Gasteiger charge is 2.21. The lowest BCUT2D eigenvalue weighted by atomic mass is 10.1. The van der Waals surface area contributed by atoms with Gasteiger partial charge in [0.05, 0.1) is 30.9 Å². The molecule has 0 unspecified atom stereocenters. The Labute approximate surface area is 185 Å². The van der Waals surface area contributed by atoms with E-state index < -0.39 is 0 Å². The number of carbonyl (C=O) groups excluding carboxylic acids is 1. The standard InChI is InChI=1S/C22H27N5O3S/c1-14(2)20-16-12-24-27(17-8-4-5-9-18(17)29-3)21(16)22(26-25-20)31-13-19(28)23-11-15-7-6-10-30-15/h4-5,8-9,12,14-15H,6-7,10-11,13H2,1-3H3,(H,23,28)/t15-/m0/s1. The first-order valence-electron chi connectivity index (χ1n) is 10.5. The number of nitrogens with zero attached hydrogens (tertiary/aromatic N) is 4. The highest BCUT2D eigenvalue weighted by Crippen LogP contribution is 2.33. The maximum Gasteiger partial charge on any atom is 0.230 e. The number of rotatable bonds is 8. The average Bonchev–Trinajstić information content (AvgIpc) is 3.46. The van der Waals surface area contributed by atoms with Crippen molar-refractivity contribution in [1.82, 2.24) is 25.3 Å². The summed E-state index contributed by atoms with van der Waals surface area (Å²) in [5, 5.41) is 18.1. The maximum atomic E-state index is 12.4. The molecule has 164 valence electrons. The number of para-hydroxylation sites is 2. The van der Waals surface area contributed by atoms with Crippen molar-refractivity contribution in [3.05, 3.63) is 36.2 Å². The quantitative estimate of drug-likeness (QED) is 0.536. The van der Waals surface area contributed by atoms with Crippen molar-refractivity contribution in [3.63, 3.8) is 0 Å². The third-order valence-corrected chi connectivity index (χ3v) is 6.20. The molecule has 3 heterocycles. The second-order valence-electron chi connectivity index (χ2n) is 7.76. The Kier molecular flexibility index (Phi) is 6.72. The van der Waals surface area contributed by atoms with Gasteiger partial charge in [-0.05, 0) is 30.9 Å². The Morgan fingerprint density at radius 1 is 1.35 bits per heavy atom. The third-order valence-electron chi connectivity index (χ3n) is 5.25. The van der Waals surface area contributed by atoms with Crippen molar-refractivity contribution < 1.29 is 14.3 Å². The van der Waals surface area contributed by atoms with Gasteiger partial charge < -0.3 is 14.8 Å². The molecule has 1 N–H and O–H groups in total. The molecular weight excluding hydrogens is 414 g/mol. The fourth-order valence-corrected chi connectivity index (χ4v) is 4.47. The average molecular weight is 442 g/mol. The summed E-state index contributed by atoms with van der Waals surface area (Å²) in [6, 6.07) is 7.70. The fourth-order valence-electron chi connectivity index (χ4n) is 3.67. The first kappa shape index (κ1) is 21.6. The lowest BCUT2D eigenvalue weighted by molar-refractivity contribution is -0.119. The van der Waals surface area contributed by atoms with E-state index in [2.05, 4.69) is 34.5 Å². The lowest BCUT2D eigenvalue weighted by Gasteiger charge is -2.13. The highest BCUT2D eigenvalue weighted by molar-refractivity contribution is 8.00. The second kappa shape index (κ2) is 9.65. The molecule has 1 aromatic carbocycles. The number of thioether (sulfide) groups is 1.